The topological polar surface area (TPSA) is 112 Å². The van der Waals surface area contributed by atoms with Gasteiger partial charge in [0.15, 0.2) is 0 Å². The van der Waals surface area contributed by atoms with E-state index in [4.69, 9.17) is 20.3 Å². The zero-order chi connectivity index (χ0) is 27.7. The minimum atomic E-state index is -0.560. The number of likely N-dealkylation sites (tertiary alicyclic amines) is 1. The Kier molecular flexibility index (Phi) is 7.56. The van der Waals surface area contributed by atoms with Crippen LogP contribution in [0, 0.1) is 5.92 Å². The van der Waals surface area contributed by atoms with Crippen molar-refractivity contribution in [1.82, 2.24) is 14.7 Å². The first kappa shape index (κ1) is 26.7. The van der Waals surface area contributed by atoms with Gasteiger partial charge in [-0.3, -0.25) is 9.59 Å². The van der Waals surface area contributed by atoms with Gasteiger partial charge in [0.05, 0.1) is 25.8 Å². The van der Waals surface area contributed by atoms with Crippen LogP contribution >= 0.6 is 12.6 Å². The molecule has 1 aromatic heterocycles. The summed E-state index contributed by atoms with van der Waals surface area (Å²) >= 11 is 4.48. The minimum absolute atomic E-state index is 0.0377. The number of fused-ring (bicyclic) bond motifs is 1. The van der Waals surface area contributed by atoms with Gasteiger partial charge in [0.1, 0.15) is 28.6 Å². The number of thiol groups is 1. The van der Waals surface area contributed by atoms with Crippen LogP contribution in [-0.2, 0) is 4.79 Å². The summed E-state index contributed by atoms with van der Waals surface area (Å²) in [6.45, 7) is 5.66. The molecule has 39 heavy (non-hydrogen) atoms. The molecule has 0 saturated carbocycles. The Bertz CT molecular complexity index is 1400. The van der Waals surface area contributed by atoms with Crippen LogP contribution < -0.4 is 20.5 Å². The molecule has 2 aromatic carbocycles. The summed E-state index contributed by atoms with van der Waals surface area (Å²) in [6, 6.07) is 11.5. The van der Waals surface area contributed by atoms with E-state index in [1.54, 1.807) is 14.2 Å². The number of carbonyl (C=O) groups excluding carboxylic acids is 2. The largest absolute Gasteiger partial charge is 0.496 e. The lowest BCUT2D eigenvalue weighted by atomic mass is 9.87. The second kappa shape index (κ2) is 11.1. The van der Waals surface area contributed by atoms with Crippen molar-refractivity contribution in [3.63, 3.8) is 0 Å². The molecule has 1 unspecified atom stereocenters. The van der Waals surface area contributed by atoms with Gasteiger partial charge in [-0.1, -0.05) is 18.7 Å². The fraction of sp³-hybridized carbons (Fsp3) is 0.345. The Hall–Kier alpha value is -3.92. The number of amides is 2. The van der Waals surface area contributed by atoms with Crippen LogP contribution in [0.3, 0.4) is 0 Å². The lowest BCUT2D eigenvalue weighted by molar-refractivity contribution is -0.127. The van der Waals surface area contributed by atoms with E-state index in [0.29, 0.717) is 59.7 Å². The van der Waals surface area contributed by atoms with Crippen LogP contribution in [0.1, 0.15) is 35.7 Å². The van der Waals surface area contributed by atoms with Gasteiger partial charge in [0.2, 0.25) is 5.91 Å². The van der Waals surface area contributed by atoms with E-state index >= 15 is 0 Å². The average Bonchev–Trinajstić information content (AvgIpc) is 3.36. The number of anilines is 1. The predicted octanol–water partition coefficient (Wildman–Crippen LogP) is 4.40. The molecule has 0 bridgehead atoms. The standard InChI is InChI=1S/C29H33N5O4S/c1-4-24(35)33-12-9-17(10-13-33)21-8-11-31-29-26(28(30)36)27(32-34(21)29)19-15-22(37-2)25(23(16-19)38-3)18-6-5-7-20(39)14-18/h4-7,14-17,21,31,39H,1,8-13H2,2-3H3,(H2,30,36). The molecule has 10 heteroatoms. The van der Waals surface area contributed by atoms with E-state index in [-0.39, 0.29) is 11.9 Å². The van der Waals surface area contributed by atoms with Gasteiger partial charge in [-0.2, -0.15) is 5.10 Å². The van der Waals surface area contributed by atoms with Gasteiger partial charge in [-0.05, 0) is 61.1 Å². The van der Waals surface area contributed by atoms with Gasteiger partial charge in [-0.15, -0.1) is 12.6 Å². The molecule has 2 amide bonds. The molecule has 0 spiro atoms. The summed E-state index contributed by atoms with van der Waals surface area (Å²) in [6.07, 6.45) is 3.93. The molecule has 3 N–H and O–H groups in total. The summed E-state index contributed by atoms with van der Waals surface area (Å²) in [7, 11) is 3.20. The van der Waals surface area contributed by atoms with Crippen LogP contribution in [0.5, 0.6) is 11.5 Å². The number of piperidine rings is 1. The van der Waals surface area contributed by atoms with Crippen molar-refractivity contribution in [1.29, 1.82) is 0 Å². The highest BCUT2D eigenvalue weighted by Gasteiger charge is 2.36. The average molecular weight is 548 g/mol. The van der Waals surface area contributed by atoms with Gasteiger partial charge in [0, 0.05) is 30.1 Å². The highest BCUT2D eigenvalue weighted by Crippen LogP contribution is 2.45. The summed E-state index contributed by atoms with van der Waals surface area (Å²) in [4.78, 5) is 27.5. The monoisotopic (exact) mass is 547 g/mol. The number of hydrogen-bond acceptors (Lipinski definition) is 7. The Labute approximate surface area is 233 Å². The van der Waals surface area contributed by atoms with Crippen molar-refractivity contribution in [2.45, 2.75) is 30.2 Å². The van der Waals surface area contributed by atoms with E-state index < -0.39 is 5.91 Å². The van der Waals surface area contributed by atoms with Gasteiger partial charge in [0.25, 0.3) is 5.91 Å². The highest BCUT2D eigenvalue weighted by molar-refractivity contribution is 7.80. The highest BCUT2D eigenvalue weighted by atomic mass is 32.1. The predicted molar refractivity (Wildman–Crippen MR) is 154 cm³/mol. The summed E-state index contributed by atoms with van der Waals surface area (Å²) in [5, 5.41) is 8.33. The molecule has 2 aliphatic rings. The van der Waals surface area contributed by atoms with E-state index in [1.165, 1.54) is 6.08 Å². The SMILES string of the molecule is C=CC(=O)N1CCC(C2CCNc3c(C(N)=O)c(-c4cc(OC)c(-c5cccc(S)c5)c(OC)c4)nn32)CC1. The first-order valence-corrected chi connectivity index (χ1v) is 13.4. The third-order valence-corrected chi connectivity index (χ3v) is 7.97. The second-order valence-electron chi connectivity index (χ2n) is 9.84. The fourth-order valence-corrected chi connectivity index (χ4v) is 6.03. The number of rotatable bonds is 7. The number of nitrogens with zero attached hydrogens (tertiary/aromatic N) is 3. The molecule has 3 aromatic rings. The fourth-order valence-electron chi connectivity index (χ4n) is 5.80. The molecule has 1 saturated heterocycles. The van der Waals surface area contributed by atoms with Crippen molar-refractivity contribution in [3.05, 3.63) is 54.6 Å². The van der Waals surface area contributed by atoms with Crippen molar-refractivity contribution < 1.29 is 19.1 Å². The molecule has 9 nitrogen and oxygen atoms in total. The van der Waals surface area contributed by atoms with Gasteiger partial charge >= 0.3 is 0 Å². The quantitative estimate of drug-likeness (QED) is 0.299. The Morgan fingerprint density at radius 3 is 2.38 bits per heavy atom. The number of aromatic nitrogens is 2. The summed E-state index contributed by atoms with van der Waals surface area (Å²) in [5.41, 5.74) is 9.08. The molecular weight excluding hydrogens is 514 g/mol. The lowest BCUT2D eigenvalue weighted by Crippen LogP contribution is -2.41. The van der Waals surface area contributed by atoms with Crippen molar-refractivity contribution in [2.24, 2.45) is 11.7 Å². The number of methoxy groups -OCH3 is 2. The molecule has 204 valence electrons. The molecule has 3 heterocycles. The summed E-state index contributed by atoms with van der Waals surface area (Å²) in [5.74, 6) is 1.50. The molecule has 0 aliphatic carbocycles. The first-order chi connectivity index (χ1) is 18.9. The first-order valence-electron chi connectivity index (χ1n) is 13.0. The third kappa shape index (κ3) is 4.96. The van der Waals surface area contributed by atoms with Crippen LogP contribution in [0.25, 0.3) is 22.4 Å². The Morgan fingerprint density at radius 2 is 1.79 bits per heavy atom. The molecule has 1 fully saturated rings. The van der Waals surface area contributed by atoms with Crippen molar-refractivity contribution in [2.75, 3.05) is 39.2 Å². The van der Waals surface area contributed by atoms with Crippen LogP contribution in [0.15, 0.2) is 53.9 Å². The van der Waals surface area contributed by atoms with Crippen LogP contribution in [0.2, 0.25) is 0 Å². The number of nitrogens with two attached hydrogens (primary N) is 1. The van der Waals surface area contributed by atoms with Crippen molar-refractivity contribution >= 4 is 30.3 Å². The number of nitrogens with one attached hydrogen (secondary N) is 1. The van der Waals surface area contributed by atoms with E-state index in [2.05, 4.69) is 24.5 Å². The molecular formula is C29H33N5O4S. The smallest absolute Gasteiger partial charge is 0.254 e. The van der Waals surface area contributed by atoms with Gasteiger partial charge in [-0.25, -0.2) is 4.68 Å². The van der Waals surface area contributed by atoms with E-state index in [1.807, 2.05) is 46.0 Å². The Morgan fingerprint density at radius 1 is 1.10 bits per heavy atom. The molecule has 5 rings (SSSR count). The Balaban J connectivity index is 1.57. The zero-order valence-corrected chi connectivity index (χ0v) is 23.0. The molecule has 1 atom stereocenters. The molecule has 0 radical (unpaired) electrons. The maximum Gasteiger partial charge on any atom is 0.254 e. The number of ether oxygens (including phenoxy) is 2. The normalized spacial score (nSPS) is 17.2. The van der Waals surface area contributed by atoms with Crippen LogP contribution in [0.4, 0.5) is 5.82 Å². The number of benzene rings is 2. The van der Waals surface area contributed by atoms with Crippen molar-refractivity contribution in [3.8, 4) is 33.9 Å². The minimum Gasteiger partial charge on any atom is -0.496 e. The molecule has 2 aliphatic heterocycles. The number of primary amides is 1. The number of carbonyl (C=O) groups is 2. The third-order valence-electron chi connectivity index (χ3n) is 7.69. The van der Waals surface area contributed by atoms with E-state index in [9.17, 15) is 9.59 Å². The summed E-state index contributed by atoms with van der Waals surface area (Å²) < 4.78 is 13.5. The second-order valence-corrected chi connectivity index (χ2v) is 10.4. The van der Waals surface area contributed by atoms with Crippen LogP contribution in [-0.4, -0.2) is 60.3 Å². The lowest BCUT2D eigenvalue weighted by Gasteiger charge is -2.38. The maximum atomic E-state index is 12.8. The zero-order valence-electron chi connectivity index (χ0n) is 22.1. The van der Waals surface area contributed by atoms with Gasteiger partial charge < -0.3 is 25.4 Å². The maximum absolute atomic E-state index is 12.8. The van der Waals surface area contributed by atoms with E-state index in [0.717, 1.165) is 35.3 Å². The number of hydrogen-bond donors (Lipinski definition) is 3.